The third-order valence-corrected chi connectivity index (χ3v) is 3.97. The molecule has 0 radical (unpaired) electrons. The van der Waals surface area contributed by atoms with Crippen LogP contribution in [0.2, 0.25) is 0 Å². The van der Waals surface area contributed by atoms with Gasteiger partial charge in [0.2, 0.25) is 11.5 Å². The molecular weight excluding hydrogens is 310 g/mol. The van der Waals surface area contributed by atoms with Gasteiger partial charge in [-0.15, -0.1) is 0 Å². The topological polar surface area (TPSA) is 90.3 Å². The molecule has 3 aromatic rings. The van der Waals surface area contributed by atoms with E-state index in [9.17, 15) is 4.79 Å². The molecular formula is C16H16N5OS+. The molecule has 4 N–H and O–H groups in total. The van der Waals surface area contributed by atoms with Crippen molar-refractivity contribution in [2.75, 3.05) is 5.73 Å². The van der Waals surface area contributed by atoms with Crippen molar-refractivity contribution in [2.24, 2.45) is 5.73 Å². The smallest absolute Gasteiger partial charge is 0.278 e. The van der Waals surface area contributed by atoms with Gasteiger partial charge in [-0.3, -0.25) is 9.20 Å². The number of nitrogen functional groups attached to an aromatic ring is 1. The van der Waals surface area contributed by atoms with Crippen molar-refractivity contribution in [3.63, 3.8) is 0 Å². The summed E-state index contributed by atoms with van der Waals surface area (Å²) < 4.78 is 3.21. The molecule has 0 aliphatic carbocycles. The standard InChI is InChI=1S/C16H15N5OS/c1-3-6-20-12(17)10(13(18)23)8-11-15(20)19-14-9(2)5-4-7-21(14)16(11)22/h3-5,7-8,17H,1,6H2,2H3,(H2,18,23)/p+1. The van der Waals surface area contributed by atoms with E-state index in [0.29, 0.717) is 34.6 Å². The molecule has 3 heterocycles. The number of anilines is 1. The van der Waals surface area contributed by atoms with E-state index in [4.69, 9.17) is 23.7 Å². The summed E-state index contributed by atoms with van der Waals surface area (Å²) in [4.78, 5) is 17.6. The molecule has 0 saturated carbocycles. The summed E-state index contributed by atoms with van der Waals surface area (Å²) >= 11 is 5.05. The van der Waals surface area contributed by atoms with E-state index in [-0.39, 0.29) is 10.5 Å². The molecule has 3 aromatic heterocycles. The van der Waals surface area contributed by atoms with Crippen molar-refractivity contribution in [3.05, 3.63) is 58.5 Å². The maximum absolute atomic E-state index is 12.8. The van der Waals surface area contributed by atoms with Crippen molar-refractivity contribution in [1.29, 1.82) is 0 Å². The average molecular weight is 326 g/mol. The molecule has 0 fully saturated rings. The first kappa shape index (κ1) is 15.1. The number of allylic oxidation sites excluding steroid dienone is 1. The second kappa shape index (κ2) is 5.44. The second-order valence-corrected chi connectivity index (χ2v) is 5.69. The van der Waals surface area contributed by atoms with Crippen LogP contribution in [0.25, 0.3) is 16.7 Å². The fourth-order valence-corrected chi connectivity index (χ4v) is 2.79. The van der Waals surface area contributed by atoms with E-state index in [1.807, 2.05) is 13.0 Å². The minimum atomic E-state index is -0.191. The number of thiocarbonyl (C=S) groups is 1. The quantitative estimate of drug-likeness (QED) is 0.322. The lowest BCUT2D eigenvalue weighted by atomic mass is 10.2. The Morgan fingerprint density at radius 1 is 1.57 bits per heavy atom. The molecule has 0 aliphatic rings. The summed E-state index contributed by atoms with van der Waals surface area (Å²) in [5.74, 6) is 0.370. The lowest BCUT2D eigenvalue weighted by Gasteiger charge is -2.10. The van der Waals surface area contributed by atoms with Crippen molar-refractivity contribution >= 4 is 39.7 Å². The van der Waals surface area contributed by atoms with Crippen LogP contribution in [-0.2, 0) is 6.54 Å². The SMILES string of the molecule is C=CC[n+]1c(N)c(C(N)=S)cc2c(=O)n3cccc(C)c3nc21. The average Bonchev–Trinajstić information content (AvgIpc) is 2.51. The maximum atomic E-state index is 12.8. The highest BCUT2D eigenvalue weighted by Gasteiger charge is 2.21. The number of fused-ring (bicyclic) bond motifs is 2. The number of hydrogen-bond acceptors (Lipinski definition) is 4. The molecule has 0 bridgehead atoms. The van der Waals surface area contributed by atoms with Crippen LogP contribution < -0.4 is 21.6 Å². The predicted molar refractivity (Wildman–Crippen MR) is 94.4 cm³/mol. The number of hydrogen-bond donors (Lipinski definition) is 2. The lowest BCUT2D eigenvalue weighted by Crippen LogP contribution is -2.41. The zero-order valence-electron chi connectivity index (χ0n) is 12.6. The van der Waals surface area contributed by atoms with Gasteiger partial charge in [0, 0.05) is 11.8 Å². The highest BCUT2D eigenvalue weighted by molar-refractivity contribution is 7.80. The lowest BCUT2D eigenvalue weighted by molar-refractivity contribution is -0.648. The molecule has 0 aromatic carbocycles. The fourth-order valence-electron chi connectivity index (χ4n) is 2.62. The Morgan fingerprint density at radius 3 is 2.96 bits per heavy atom. The van der Waals surface area contributed by atoms with Crippen LogP contribution in [0.15, 0.2) is 41.8 Å². The number of pyridine rings is 2. The first-order valence-corrected chi connectivity index (χ1v) is 7.41. The molecule has 0 spiro atoms. The van der Waals surface area contributed by atoms with Crippen molar-refractivity contribution in [1.82, 2.24) is 9.38 Å². The maximum Gasteiger partial charge on any atom is 0.278 e. The third-order valence-electron chi connectivity index (χ3n) is 3.75. The van der Waals surface area contributed by atoms with Crippen LogP contribution in [0, 0.1) is 6.92 Å². The normalized spacial score (nSPS) is 11.0. The summed E-state index contributed by atoms with van der Waals surface area (Å²) in [7, 11) is 0. The Morgan fingerprint density at radius 2 is 2.30 bits per heavy atom. The van der Waals surface area contributed by atoms with Gasteiger partial charge < -0.3 is 11.5 Å². The van der Waals surface area contributed by atoms with Crippen LogP contribution in [0.1, 0.15) is 11.1 Å². The molecule has 7 heteroatoms. The summed E-state index contributed by atoms with van der Waals surface area (Å²) in [6, 6.07) is 5.32. The van der Waals surface area contributed by atoms with Crippen LogP contribution in [0.3, 0.4) is 0 Å². The largest absolute Gasteiger partial charge is 0.389 e. The number of aromatic nitrogens is 3. The monoisotopic (exact) mass is 326 g/mol. The molecule has 0 unspecified atom stereocenters. The number of rotatable bonds is 3. The number of aryl methyl sites for hydroxylation is 1. The van der Waals surface area contributed by atoms with Crippen LogP contribution >= 0.6 is 12.2 Å². The van der Waals surface area contributed by atoms with Gasteiger partial charge in [-0.1, -0.05) is 35.9 Å². The summed E-state index contributed by atoms with van der Waals surface area (Å²) in [6.45, 7) is 6.03. The van der Waals surface area contributed by atoms with Crippen molar-refractivity contribution in [3.8, 4) is 0 Å². The summed E-state index contributed by atoms with van der Waals surface area (Å²) in [6.07, 6.45) is 3.37. The zero-order valence-corrected chi connectivity index (χ0v) is 13.4. The molecule has 23 heavy (non-hydrogen) atoms. The molecule has 3 rings (SSSR count). The van der Waals surface area contributed by atoms with E-state index in [1.165, 1.54) is 4.40 Å². The van der Waals surface area contributed by atoms with Gasteiger partial charge in [0.25, 0.3) is 11.2 Å². The minimum absolute atomic E-state index is 0.135. The van der Waals surface area contributed by atoms with E-state index < -0.39 is 0 Å². The van der Waals surface area contributed by atoms with Crippen molar-refractivity contribution < 1.29 is 4.57 Å². The Labute approximate surface area is 137 Å². The molecule has 116 valence electrons. The van der Waals surface area contributed by atoms with E-state index in [0.717, 1.165) is 5.56 Å². The minimum Gasteiger partial charge on any atom is -0.389 e. The van der Waals surface area contributed by atoms with Gasteiger partial charge in [-0.05, 0) is 19.1 Å². The van der Waals surface area contributed by atoms with Gasteiger partial charge in [0.05, 0.1) is 12.1 Å². The van der Waals surface area contributed by atoms with Gasteiger partial charge in [0.15, 0.2) is 0 Å². The van der Waals surface area contributed by atoms with Crippen LogP contribution in [-0.4, -0.2) is 14.4 Å². The summed E-state index contributed by atoms with van der Waals surface area (Å²) in [5, 5.41) is 0.409. The third kappa shape index (κ3) is 2.25. The molecule has 0 atom stereocenters. The van der Waals surface area contributed by atoms with Gasteiger partial charge in [-0.2, -0.15) is 0 Å². The van der Waals surface area contributed by atoms with E-state index in [2.05, 4.69) is 11.6 Å². The molecule has 0 amide bonds. The van der Waals surface area contributed by atoms with Crippen LogP contribution in [0.5, 0.6) is 0 Å². The Balaban J connectivity index is 2.60. The molecule has 6 nitrogen and oxygen atoms in total. The Kier molecular flexibility index (Phi) is 3.57. The summed E-state index contributed by atoms with van der Waals surface area (Å²) in [5.41, 5.74) is 14.1. The molecule has 0 saturated heterocycles. The van der Waals surface area contributed by atoms with E-state index >= 15 is 0 Å². The van der Waals surface area contributed by atoms with E-state index in [1.54, 1.807) is 29.0 Å². The van der Waals surface area contributed by atoms with Crippen LogP contribution in [0.4, 0.5) is 5.82 Å². The van der Waals surface area contributed by atoms with Gasteiger partial charge in [-0.25, -0.2) is 4.57 Å². The van der Waals surface area contributed by atoms with Gasteiger partial charge >= 0.3 is 0 Å². The Bertz CT molecular complexity index is 1040. The predicted octanol–water partition coefficient (Wildman–Crippen LogP) is 0.846. The fraction of sp³-hybridized carbons (Fsp3) is 0.125. The molecule has 0 aliphatic heterocycles. The highest BCUT2D eigenvalue weighted by atomic mass is 32.1. The Hall–Kier alpha value is -2.80. The first-order valence-electron chi connectivity index (χ1n) is 7.00. The number of nitrogens with two attached hydrogens (primary N) is 2. The number of nitrogens with zero attached hydrogens (tertiary/aromatic N) is 3. The zero-order chi connectivity index (χ0) is 16.7. The van der Waals surface area contributed by atoms with Crippen molar-refractivity contribution in [2.45, 2.75) is 13.5 Å². The second-order valence-electron chi connectivity index (χ2n) is 5.25. The highest BCUT2D eigenvalue weighted by Crippen LogP contribution is 2.15. The first-order chi connectivity index (χ1) is 11.0. The van der Waals surface area contributed by atoms with Gasteiger partial charge in [0.1, 0.15) is 10.4 Å².